The molecule has 2 amide bonds. The topological polar surface area (TPSA) is 85.1 Å². The molecule has 0 unspecified atom stereocenters. The molecule has 0 fully saturated rings. The van der Waals surface area contributed by atoms with E-state index in [-0.39, 0.29) is 28.7 Å². The van der Waals surface area contributed by atoms with Crippen LogP contribution >= 0.6 is 34.5 Å². The first-order valence-corrected chi connectivity index (χ1v) is 7.52. The lowest BCUT2D eigenvalue weighted by Crippen LogP contribution is -2.15. The zero-order chi connectivity index (χ0) is 15.4. The summed E-state index contributed by atoms with van der Waals surface area (Å²) in [5.41, 5.74) is 5.30. The quantitative estimate of drug-likeness (QED) is 0.874. The number of aromatic nitrogens is 1. The number of rotatable bonds is 5. The SMILES string of the molecule is NC(=O)c1cnc(NC(=O)CCc2ccc(Cl)s2)c(Cl)c1. The molecule has 0 aliphatic carbocycles. The minimum Gasteiger partial charge on any atom is -0.366 e. The van der Waals surface area contributed by atoms with Gasteiger partial charge in [0.2, 0.25) is 11.8 Å². The lowest BCUT2D eigenvalue weighted by molar-refractivity contribution is -0.116. The van der Waals surface area contributed by atoms with Crippen LogP contribution in [0.5, 0.6) is 0 Å². The largest absolute Gasteiger partial charge is 0.366 e. The molecule has 8 heteroatoms. The van der Waals surface area contributed by atoms with Gasteiger partial charge >= 0.3 is 0 Å². The molecule has 2 heterocycles. The molecule has 0 aliphatic heterocycles. The van der Waals surface area contributed by atoms with Crippen LogP contribution in [-0.4, -0.2) is 16.8 Å². The van der Waals surface area contributed by atoms with Crippen LogP contribution in [0.2, 0.25) is 9.36 Å². The van der Waals surface area contributed by atoms with E-state index < -0.39 is 5.91 Å². The zero-order valence-corrected chi connectivity index (χ0v) is 13.1. The van der Waals surface area contributed by atoms with Gasteiger partial charge in [0.15, 0.2) is 5.82 Å². The van der Waals surface area contributed by atoms with Crippen LogP contribution in [0.25, 0.3) is 0 Å². The first-order chi connectivity index (χ1) is 9.95. The Kier molecular flexibility index (Phi) is 5.17. The zero-order valence-electron chi connectivity index (χ0n) is 10.7. The Morgan fingerprint density at radius 3 is 2.67 bits per heavy atom. The lowest BCUT2D eigenvalue weighted by atomic mass is 10.2. The predicted molar refractivity (Wildman–Crippen MR) is 84.0 cm³/mol. The molecule has 21 heavy (non-hydrogen) atoms. The van der Waals surface area contributed by atoms with Crippen molar-refractivity contribution in [3.8, 4) is 0 Å². The van der Waals surface area contributed by atoms with Crippen LogP contribution in [-0.2, 0) is 11.2 Å². The van der Waals surface area contributed by atoms with Gasteiger partial charge in [-0.15, -0.1) is 11.3 Å². The molecule has 5 nitrogen and oxygen atoms in total. The maximum atomic E-state index is 11.8. The molecule has 2 aromatic heterocycles. The van der Waals surface area contributed by atoms with Crippen LogP contribution in [0.4, 0.5) is 5.82 Å². The summed E-state index contributed by atoms with van der Waals surface area (Å²) >= 11 is 13.2. The Labute approximate surface area is 135 Å². The number of hydrogen-bond donors (Lipinski definition) is 2. The van der Waals surface area contributed by atoms with E-state index in [0.29, 0.717) is 10.8 Å². The Morgan fingerprint density at radius 1 is 1.33 bits per heavy atom. The van der Waals surface area contributed by atoms with E-state index >= 15 is 0 Å². The summed E-state index contributed by atoms with van der Waals surface area (Å²) in [7, 11) is 0. The number of pyridine rings is 1. The number of amides is 2. The average Bonchev–Trinajstić information content (AvgIpc) is 2.84. The molecule has 0 spiro atoms. The third-order valence-corrected chi connectivity index (χ3v) is 4.19. The van der Waals surface area contributed by atoms with Gasteiger partial charge in [-0.25, -0.2) is 4.98 Å². The van der Waals surface area contributed by atoms with E-state index in [2.05, 4.69) is 10.3 Å². The molecule has 0 atom stereocenters. The molecular formula is C13H11Cl2N3O2S. The molecule has 2 aromatic rings. The summed E-state index contributed by atoms with van der Waals surface area (Å²) in [6, 6.07) is 5.04. The highest BCUT2D eigenvalue weighted by atomic mass is 35.5. The Morgan fingerprint density at radius 2 is 2.10 bits per heavy atom. The number of thiophene rings is 1. The number of carbonyl (C=O) groups excluding carboxylic acids is 2. The average molecular weight is 344 g/mol. The normalized spacial score (nSPS) is 10.4. The number of anilines is 1. The van der Waals surface area contributed by atoms with Crippen molar-refractivity contribution in [2.75, 3.05) is 5.32 Å². The number of aryl methyl sites for hydroxylation is 1. The Balaban J connectivity index is 1.94. The van der Waals surface area contributed by atoms with Crippen LogP contribution in [0, 0.1) is 0 Å². The summed E-state index contributed by atoms with van der Waals surface area (Å²) in [5, 5.41) is 2.76. The van der Waals surface area contributed by atoms with E-state index in [1.165, 1.54) is 23.6 Å². The van der Waals surface area contributed by atoms with E-state index in [0.717, 1.165) is 4.88 Å². The van der Waals surface area contributed by atoms with Crippen molar-refractivity contribution in [2.24, 2.45) is 5.73 Å². The van der Waals surface area contributed by atoms with E-state index in [1.807, 2.05) is 6.07 Å². The van der Waals surface area contributed by atoms with Crippen molar-refractivity contribution in [1.29, 1.82) is 0 Å². The molecule has 2 rings (SSSR count). The summed E-state index contributed by atoms with van der Waals surface area (Å²) < 4.78 is 0.692. The Hall–Kier alpha value is -1.63. The van der Waals surface area contributed by atoms with Crippen molar-refractivity contribution in [2.45, 2.75) is 12.8 Å². The van der Waals surface area contributed by atoms with Gasteiger partial charge < -0.3 is 11.1 Å². The highest BCUT2D eigenvalue weighted by molar-refractivity contribution is 7.16. The number of carbonyl (C=O) groups is 2. The van der Waals surface area contributed by atoms with Crippen molar-refractivity contribution >= 4 is 52.2 Å². The number of halogens is 2. The number of hydrogen-bond acceptors (Lipinski definition) is 4. The smallest absolute Gasteiger partial charge is 0.250 e. The van der Waals surface area contributed by atoms with Gasteiger partial charge in [-0.2, -0.15) is 0 Å². The first kappa shape index (κ1) is 15.8. The minimum atomic E-state index is -0.628. The lowest BCUT2D eigenvalue weighted by Gasteiger charge is -2.06. The second kappa shape index (κ2) is 6.89. The molecule has 0 saturated heterocycles. The third-order valence-electron chi connectivity index (χ3n) is 2.61. The number of primary amides is 1. The molecule has 110 valence electrons. The van der Waals surface area contributed by atoms with E-state index in [4.69, 9.17) is 28.9 Å². The van der Waals surface area contributed by atoms with Crippen LogP contribution in [0.15, 0.2) is 24.4 Å². The summed E-state index contributed by atoms with van der Waals surface area (Å²) in [6.45, 7) is 0. The van der Waals surface area contributed by atoms with Crippen LogP contribution in [0.3, 0.4) is 0 Å². The van der Waals surface area contributed by atoms with Gasteiger partial charge in [0.1, 0.15) is 0 Å². The second-order valence-corrected chi connectivity index (χ2v) is 6.38. The van der Waals surface area contributed by atoms with Crippen LogP contribution < -0.4 is 11.1 Å². The van der Waals surface area contributed by atoms with Gasteiger partial charge in [0, 0.05) is 17.5 Å². The molecule has 0 aromatic carbocycles. The van der Waals surface area contributed by atoms with Crippen LogP contribution in [0.1, 0.15) is 21.7 Å². The number of nitrogens with one attached hydrogen (secondary N) is 1. The van der Waals surface area contributed by atoms with Gasteiger partial charge in [-0.3, -0.25) is 9.59 Å². The minimum absolute atomic E-state index is 0.166. The Bertz CT molecular complexity index is 688. The van der Waals surface area contributed by atoms with Crippen molar-refractivity contribution in [3.05, 3.63) is 44.2 Å². The molecular weight excluding hydrogens is 333 g/mol. The second-order valence-electron chi connectivity index (χ2n) is 4.17. The molecule has 3 N–H and O–H groups in total. The number of nitrogens with two attached hydrogens (primary N) is 1. The third kappa shape index (κ3) is 4.42. The number of nitrogens with zero attached hydrogens (tertiary/aromatic N) is 1. The first-order valence-electron chi connectivity index (χ1n) is 5.95. The highest BCUT2D eigenvalue weighted by Crippen LogP contribution is 2.23. The molecule has 0 saturated carbocycles. The maximum absolute atomic E-state index is 11.8. The fourth-order valence-corrected chi connectivity index (χ4v) is 2.88. The highest BCUT2D eigenvalue weighted by Gasteiger charge is 2.10. The maximum Gasteiger partial charge on any atom is 0.250 e. The molecule has 0 radical (unpaired) electrons. The van der Waals surface area contributed by atoms with Crippen molar-refractivity contribution in [3.63, 3.8) is 0 Å². The van der Waals surface area contributed by atoms with Gasteiger partial charge in [-0.1, -0.05) is 23.2 Å². The standard InChI is InChI=1S/C13H11Cl2N3O2S/c14-9-5-7(12(16)20)6-17-13(9)18-11(19)4-2-8-1-3-10(15)21-8/h1,3,5-6H,2,4H2,(H2,16,20)(H,17,18,19). The van der Waals surface area contributed by atoms with Crippen molar-refractivity contribution in [1.82, 2.24) is 4.98 Å². The molecule has 0 aliphatic rings. The predicted octanol–water partition coefficient (Wildman–Crippen LogP) is 3.12. The van der Waals surface area contributed by atoms with Gasteiger partial charge in [-0.05, 0) is 24.6 Å². The summed E-state index contributed by atoms with van der Waals surface area (Å²) in [6.07, 6.45) is 2.13. The van der Waals surface area contributed by atoms with E-state index in [9.17, 15) is 9.59 Å². The summed E-state index contributed by atoms with van der Waals surface area (Å²) in [5.74, 6) is -0.645. The van der Waals surface area contributed by atoms with Crippen molar-refractivity contribution < 1.29 is 9.59 Å². The van der Waals surface area contributed by atoms with Gasteiger partial charge in [0.05, 0.1) is 14.9 Å². The van der Waals surface area contributed by atoms with Gasteiger partial charge in [0.25, 0.3) is 0 Å². The fraction of sp³-hybridized carbons (Fsp3) is 0.154. The monoisotopic (exact) mass is 343 g/mol. The van der Waals surface area contributed by atoms with E-state index in [1.54, 1.807) is 6.07 Å². The molecule has 0 bridgehead atoms. The summed E-state index contributed by atoms with van der Waals surface area (Å²) in [4.78, 5) is 27.8. The fourth-order valence-electron chi connectivity index (χ4n) is 1.58.